The van der Waals surface area contributed by atoms with Gasteiger partial charge in [0.15, 0.2) is 0 Å². The molecule has 1 heterocycles. The van der Waals surface area contributed by atoms with Crippen LogP contribution in [0.4, 0.5) is 13.2 Å². The molecule has 0 unspecified atom stereocenters. The molecular weight excluding hydrogens is 401 g/mol. The van der Waals surface area contributed by atoms with Gasteiger partial charge in [-0.2, -0.15) is 13.2 Å². The Hall–Kier alpha value is -2.16. The molecule has 0 atom stereocenters. The first kappa shape index (κ1) is 19.6. The number of hydrogen-bond acceptors (Lipinski definition) is 3. The van der Waals surface area contributed by atoms with Crippen molar-refractivity contribution in [2.24, 2.45) is 0 Å². The zero-order valence-electron chi connectivity index (χ0n) is 13.8. The van der Waals surface area contributed by atoms with Gasteiger partial charge >= 0.3 is 6.18 Å². The summed E-state index contributed by atoms with van der Waals surface area (Å²) in [5.74, 6) is 0. The van der Waals surface area contributed by atoms with Crippen LogP contribution in [0.3, 0.4) is 0 Å². The smallest absolute Gasteiger partial charge is 0.256 e. The van der Waals surface area contributed by atoms with E-state index in [4.69, 9.17) is 11.6 Å². The van der Waals surface area contributed by atoms with Gasteiger partial charge in [-0.15, -0.1) is 0 Å². The molecule has 3 rings (SSSR count). The topological polar surface area (TPSA) is 59.1 Å². The van der Waals surface area contributed by atoms with E-state index in [1.807, 2.05) is 24.3 Å². The van der Waals surface area contributed by atoms with Gasteiger partial charge in [0.1, 0.15) is 4.90 Å². The van der Waals surface area contributed by atoms with Crippen LogP contribution in [0.1, 0.15) is 11.1 Å². The lowest BCUT2D eigenvalue weighted by atomic mass is 10.1. The maximum absolute atomic E-state index is 12.8. The van der Waals surface area contributed by atoms with Crippen molar-refractivity contribution >= 4 is 32.5 Å². The van der Waals surface area contributed by atoms with E-state index >= 15 is 0 Å². The van der Waals surface area contributed by atoms with E-state index in [1.54, 1.807) is 12.3 Å². The molecule has 9 heteroatoms. The van der Waals surface area contributed by atoms with Gasteiger partial charge in [0.2, 0.25) is 10.0 Å². The van der Waals surface area contributed by atoms with Crippen molar-refractivity contribution in [3.8, 4) is 0 Å². The van der Waals surface area contributed by atoms with Gasteiger partial charge in [-0.3, -0.25) is 4.98 Å². The van der Waals surface area contributed by atoms with Crippen LogP contribution < -0.4 is 4.72 Å². The Morgan fingerprint density at radius 3 is 2.56 bits per heavy atom. The normalized spacial score (nSPS) is 12.4. The number of para-hydroxylation sites is 1. The van der Waals surface area contributed by atoms with Crippen LogP contribution >= 0.6 is 11.6 Å². The number of alkyl halides is 3. The number of halogens is 4. The number of fused-ring (bicyclic) bond motifs is 1. The highest BCUT2D eigenvalue weighted by Gasteiger charge is 2.32. The lowest BCUT2D eigenvalue weighted by Gasteiger charge is -2.12. The second-order valence-electron chi connectivity index (χ2n) is 5.78. The second kappa shape index (κ2) is 7.46. The summed E-state index contributed by atoms with van der Waals surface area (Å²) in [7, 11) is -4.20. The molecule has 0 bridgehead atoms. The molecule has 1 aromatic heterocycles. The molecule has 0 saturated carbocycles. The molecule has 0 radical (unpaired) electrons. The maximum Gasteiger partial charge on any atom is 0.416 e. The summed E-state index contributed by atoms with van der Waals surface area (Å²) >= 11 is 5.81. The number of nitrogens with zero attached hydrogens (tertiary/aromatic N) is 1. The highest BCUT2D eigenvalue weighted by molar-refractivity contribution is 7.89. The minimum absolute atomic E-state index is 0.00933. The molecule has 27 heavy (non-hydrogen) atoms. The Morgan fingerprint density at radius 1 is 1.07 bits per heavy atom. The van der Waals surface area contributed by atoms with Crippen molar-refractivity contribution in [3.63, 3.8) is 0 Å². The molecule has 0 spiro atoms. The lowest BCUT2D eigenvalue weighted by Crippen LogP contribution is -2.26. The lowest BCUT2D eigenvalue weighted by molar-refractivity contribution is -0.137. The molecular formula is C18H14ClF3N2O2S. The predicted molar refractivity (Wildman–Crippen MR) is 97.1 cm³/mol. The van der Waals surface area contributed by atoms with Crippen LogP contribution in [-0.2, 0) is 22.6 Å². The number of rotatable bonds is 5. The van der Waals surface area contributed by atoms with Crippen molar-refractivity contribution in [3.05, 3.63) is 70.9 Å². The first-order chi connectivity index (χ1) is 12.7. The summed E-state index contributed by atoms with van der Waals surface area (Å²) in [5, 5.41) is 0.640. The molecule has 0 aliphatic carbocycles. The first-order valence-electron chi connectivity index (χ1n) is 7.87. The van der Waals surface area contributed by atoms with E-state index in [0.717, 1.165) is 28.6 Å². The number of hydrogen-bond donors (Lipinski definition) is 1. The Balaban J connectivity index is 1.79. The highest BCUT2D eigenvalue weighted by Crippen LogP contribution is 2.33. The molecule has 4 nitrogen and oxygen atoms in total. The van der Waals surface area contributed by atoms with Crippen molar-refractivity contribution in [1.82, 2.24) is 9.71 Å². The third-order valence-corrected chi connectivity index (χ3v) is 5.89. The average Bonchev–Trinajstić information content (AvgIpc) is 2.61. The van der Waals surface area contributed by atoms with Gasteiger partial charge in [-0.25, -0.2) is 13.1 Å². The van der Waals surface area contributed by atoms with Crippen molar-refractivity contribution < 1.29 is 21.6 Å². The monoisotopic (exact) mass is 414 g/mol. The van der Waals surface area contributed by atoms with Gasteiger partial charge < -0.3 is 0 Å². The Kier molecular flexibility index (Phi) is 5.41. The zero-order valence-corrected chi connectivity index (χ0v) is 15.4. The molecule has 0 aliphatic heterocycles. The fourth-order valence-corrected chi connectivity index (χ4v) is 4.21. The Morgan fingerprint density at radius 2 is 1.81 bits per heavy atom. The van der Waals surface area contributed by atoms with Gasteiger partial charge in [0, 0.05) is 18.1 Å². The van der Waals surface area contributed by atoms with E-state index in [9.17, 15) is 21.6 Å². The maximum atomic E-state index is 12.8. The van der Waals surface area contributed by atoms with E-state index in [-0.39, 0.29) is 11.6 Å². The highest BCUT2D eigenvalue weighted by atomic mass is 35.5. The third kappa shape index (κ3) is 4.40. The summed E-state index contributed by atoms with van der Waals surface area (Å²) in [6.07, 6.45) is -2.70. The van der Waals surface area contributed by atoms with E-state index < -0.39 is 26.7 Å². The van der Waals surface area contributed by atoms with E-state index in [1.165, 1.54) is 0 Å². The van der Waals surface area contributed by atoms with Crippen LogP contribution in [-0.4, -0.2) is 19.9 Å². The van der Waals surface area contributed by atoms with Gasteiger partial charge in [-0.1, -0.05) is 35.9 Å². The molecule has 0 aliphatic rings. The van der Waals surface area contributed by atoms with Crippen LogP contribution in [0.25, 0.3) is 10.9 Å². The van der Waals surface area contributed by atoms with E-state index in [2.05, 4.69) is 9.71 Å². The fraction of sp³-hybridized carbons (Fsp3) is 0.167. The zero-order chi connectivity index (χ0) is 19.7. The summed E-state index contributed by atoms with van der Waals surface area (Å²) in [6, 6.07) is 11.4. The minimum Gasteiger partial charge on any atom is -0.256 e. The number of sulfonamides is 1. The molecule has 0 amide bonds. The van der Waals surface area contributed by atoms with Crippen LogP contribution in [0.5, 0.6) is 0 Å². The van der Waals surface area contributed by atoms with Crippen molar-refractivity contribution in [2.75, 3.05) is 6.54 Å². The number of benzene rings is 2. The molecule has 0 fully saturated rings. The predicted octanol–water partition coefficient (Wildman–Crippen LogP) is 4.43. The van der Waals surface area contributed by atoms with Crippen molar-refractivity contribution in [1.29, 1.82) is 0 Å². The molecule has 2 aromatic carbocycles. The van der Waals surface area contributed by atoms with Crippen LogP contribution in [0.15, 0.2) is 59.6 Å². The van der Waals surface area contributed by atoms with Crippen LogP contribution in [0.2, 0.25) is 5.02 Å². The largest absolute Gasteiger partial charge is 0.416 e. The van der Waals surface area contributed by atoms with Gasteiger partial charge in [0.05, 0.1) is 16.1 Å². The van der Waals surface area contributed by atoms with Gasteiger partial charge in [0.25, 0.3) is 0 Å². The molecule has 3 aromatic rings. The summed E-state index contributed by atoms with van der Waals surface area (Å²) in [4.78, 5) is 3.68. The standard InChI is InChI=1S/C18H14ClF3N2O2S/c19-15-7-6-14(18(20,21)22)11-16(15)27(25,26)24-10-8-13-4-1-3-12-5-2-9-23-17(12)13/h1-7,9,11,24H,8,10H2. The van der Waals surface area contributed by atoms with Crippen molar-refractivity contribution in [2.45, 2.75) is 17.5 Å². The third-order valence-electron chi connectivity index (χ3n) is 3.95. The molecule has 0 saturated heterocycles. The number of nitrogens with one attached hydrogen (secondary N) is 1. The molecule has 1 N–H and O–H groups in total. The summed E-state index contributed by atoms with van der Waals surface area (Å²) in [6.45, 7) is -0.00933. The fourth-order valence-electron chi connectivity index (χ4n) is 2.65. The SMILES string of the molecule is O=S(=O)(NCCc1cccc2cccnc12)c1cc(C(F)(F)F)ccc1Cl. The quantitative estimate of drug-likeness (QED) is 0.672. The summed E-state index contributed by atoms with van der Waals surface area (Å²) in [5.41, 5.74) is 0.493. The van der Waals surface area contributed by atoms with E-state index in [0.29, 0.717) is 12.5 Å². The van der Waals surface area contributed by atoms with Crippen LogP contribution in [0, 0.1) is 0 Å². The second-order valence-corrected chi connectivity index (χ2v) is 7.93. The number of aromatic nitrogens is 1. The average molecular weight is 415 g/mol. The van der Waals surface area contributed by atoms with Gasteiger partial charge in [-0.05, 0) is 36.2 Å². The number of pyridine rings is 1. The Labute approximate surface area is 159 Å². The summed E-state index contributed by atoms with van der Waals surface area (Å²) < 4.78 is 65.6. The minimum atomic E-state index is -4.66. The molecule has 142 valence electrons. The Bertz CT molecular complexity index is 1080. The first-order valence-corrected chi connectivity index (χ1v) is 9.73.